The van der Waals surface area contributed by atoms with Crippen LogP contribution in [0.3, 0.4) is 0 Å². The molecule has 0 fully saturated rings. The topological polar surface area (TPSA) is 22.1 Å². The zero-order chi connectivity index (χ0) is 9.54. The minimum atomic E-state index is 0.787. The first-order chi connectivity index (χ1) is 6.84. The molecule has 0 N–H and O–H groups in total. The van der Waals surface area contributed by atoms with E-state index in [2.05, 4.69) is 17.1 Å². The molecule has 1 aromatic heterocycles. The summed E-state index contributed by atoms with van der Waals surface area (Å²) in [6.07, 6.45) is 0.995. The number of rotatable bonds is 0. The van der Waals surface area contributed by atoms with Crippen molar-refractivity contribution in [2.24, 2.45) is 0 Å². The smallest absolute Gasteiger partial charge is 0.130 e. The molecule has 14 heavy (non-hydrogen) atoms. The second-order valence-corrected chi connectivity index (χ2v) is 3.67. The van der Waals surface area contributed by atoms with Gasteiger partial charge in [0.15, 0.2) is 0 Å². The van der Waals surface area contributed by atoms with Gasteiger partial charge in [-0.05, 0) is 18.6 Å². The Morgan fingerprint density at radius 1 is 1.36 bits per heavy atom. The molecule has 1 aliphatic rings. The van der Waals surface area contributed by atoms with Crippen LogP contribution in [0, 0.1) is 6.92 Å². The molecule has 0 saturated heterocycles. The zero-order valence-corrected chi connectivity index (χ0v) is 8.08. The minimum absolute atomic E-state index is 0.787. The molecule has 0 amide bonds. The number of aryl methyl sites for hydroxylation is 1. The van der Waals surface area contributed by atoms with E-state index in [-0.39, 0.29) is 0 Å². The van der Waals surface area contributed by atoms with E-state index < -0.39 is 0 Å². The van der Waals surface area contributed by atoms with Crippen molar-refractivity contribution in [1.29, 1.82) is 0 Å². The van der Waals surface area contributed by atoms with Gasteiger partial charge >= 0.3 is 0 Å². The van der Waals surface area contributed by atoms with Gasteiger partial charge in [-0.25, -0.2) is 0 Å². The van der Waals surface area contributed by atoms with Gasteiger partial charge in [0.05, 0.1) is 12.1 Å². The Hall–Kier alpha value is -1.57. The highest BCUT2D eigenvalue weighted by Crippen LogP contribution is 2.31. The van der Waals surface area contributed by atoms with Crippen LogP contribution in [0.5, 0.6) is 5.75 Å². The second kappa shape index (κ2) is 2.71. The number of hydrogen-bond acceptors (Lipinski definition) is 2. The van der Waals surface area contributed by atoms with Gasteiger partial charge in [-0.15, -0.1) is 0 Å². The van der Waals surface area contributed by atoms with Crippen molar-refractivity contribution in [1.82, 2.24) is 4.98 Å². The maximum absolute atomic E-state index is 5.64. The van der Waals surface area contributed by atoms with Gasteiger partial charge in [0.2, 0.25) is 0 Å². The molecular weight excluding hydrogens is 174 g/mol. The molecule has 1 aromatic carbocycles. The van der Waals surface area contributed by atoms with Crippen LogP contribution in [0.2, 0.25) is 0 Å². The number of pyridine rings is 1. The summed E-state index contributed by atoms with van der Waals surface area (Å²) in [6.45, 7) is 2.79. The largest absolute Gasteiger partial charge is 0.492 e. The molecular formula is C12H11NO. The second-order valence-electron chi connectivity index (χ2n) is 3.67. The van der Waals surface area contributed by atoms with Crippen LogP contribution in [-0.4, -0.2) is 11.6 Å². The van der Waals surface area contributed by atoms with Crippen molar-refractivity contribution < 1.29 is 4.74 Å². The Bertz CT molecular complexity index is 505. The number of ether oxygens (including phenoxy) is 1. The summed E-state index contributed by atoms with van der Waals surface area (Å²) in [5.41, 5.74) is 3.43. The first kappa shape index (κ1) is 7.80. The van der Waals surface area contributed by atoms with Crippen molar-refractivity contribution in [2.75, 3.05) is 6.61 Å². The lowest BCUT2D eigenvalue weighted by atomic mass is 10.0. The number of aromatic nitrogens is 1. The lowest BCUT2D eigenvalue weighted by Crippen LogP contribution is -2.09. The Kier molecular flexibility index (Phi) is 1.51. The maximum Gasteiger partial charge on any atom is 0.130 e. The lowest BCUT2D eigenvalue weighted by Gasteiger charge is -2.18. The van der Waals surface area contributed by atoms with Gasteiger partial charge in [-0.3, -0.25) is 4.98 Å². The Morgan fingerprint density at radius 2 is 2.29 bits per heavy atom. The third-order valence-electron chi connectivity index (χ3n) is 2.64. The van der Waals surface area contributed by atoms with Crippen LogP contribution in [0.15, 0.2) is 24.3 Å². The van der Waals surface area contributed by atoms with Crippen LogP contribution >= 0.6 is 0 Å². The third-order valence-corrected chi connectivity index (χ3v) is 2.64. The average molecular weight is 185 g/mol. The van der Waals surface area contributed by atoms with E-state index in [1.165, 1.54) is 10.9 Å². The first-order valence-electron chi connectivity index (χ1n) is 4.86. The Labute approximate surface area is 82.5 Å². The van der Waals surface area contributed by atoms with Gasteiger partial charge in [0.1, 0.15) is 5.75 Å². The van der Waals surface area contributed by atoms with Crippen LogP contribution in [0.25, 0.3) is 10.9 Å². The van der Waals surface area contributed by atoms with E-state index in [0.717, 1.165) is 30.0 Å². The summed E-state index contributed by atoms with van der Waals surface area (Å²) in [5, 5.41) is 1.20. The van der Waals surface area contributed by atoms with E-state index in [1.54, 1.807) is 0 Å². The summed E-state index contributed by atoms with van der Waals surface area (Å²) >= 11 is 0. The fourth-order valence-electron chi connectivity index (χ4n) is 2.04. The van der Waals surface area contributed by atoms with Crippen molar-refractivity contribution in [3.63, 3.8) is 0 Å². The van der Waals surface area contributed by atoms with Crippen molar-refractivity contribution in [3.05, 3.63) is 35.5 Å². The molecule has 0 radical (unpaired) electrons. The van der Waals surface area contributed by atoms with Gasteiger partial charge < -0.3 is 4.74 Å². The monoisotopic (exact) mass is 185 g/mol. The third kappa shape index (κ3) is 1.00. The summed E-state index contributed by atoms with van der Waals surface area (Å²) in [7, 11) is 0. The predicted molar refractivity (Wildman–Crippen MR) is 55.7 cm³/mol. The van der Waals surface area contributed by atoms with E-state index in [9.17, 15) is 0 Å². The molecule has 2 nitrogen and oxygen atoms in total. The summed E-state index contributed by atoms with van der Waals surface area (Å²) in [4.78, 5) is 4.50. The Morgan fingerprint density at radius 3 is 3.21 bits per heavy atom. The van der Waals surface area contributed by atoms with E-state index >= 15 is 0 Å². The highest BCUT2D eigenvalue weighted by molar-refractivity contribution is 5.89. The molecule has 70 valence electrons. The van der Waals surface area contributed by atoms with Crippen LogP contribution in [0.4, 0.5) is 0 Å². The molecule has 2 heteroatoms. The highest BCUT2D eigenvalue weighted by Gasteiger charge is 2.13. The molecule has 0 bridgehead atoms. The summed E-state index contributed by atoms with van der Waals surface area (Å²) in [6, 6.07) is 8.29. The van der Waals surface area contributed by atoms with Gasteiger partial charge in [0, 0.05) is 23.6 Å². The lowest BCUT2D eigenvalue weighted by molar-refractivity contribution is 0.317. The van der Waals surface area contributed by atoms with Crippen molar-refractivity contribution in [2.45, 2.75) is 13.3 Å². The van der Waals surface area contributed by atoms with E-state index in [4.69, 9.17) is 4.74 Å². The molecule has 2 heterocycles. The van der Waals surface area contributed by atoms with E-state index in [0.29, 0.717) is 0 Å². The van der Waals surface area contributed by atoms with Crippen LogP contribution in [0.1, 0.15) is 11.3 Å². The Balaban J connectivity index is 2.48. The fraction of sp³-hybridized carbons (Fsp3) is 0.250. The molecule has 0 aliphatic carbocycles. The molecule has 2 aromatic rings. The molecule has 3 rings (SSSR count). The molecule has 0 spiro atoms. The molecule has 0 saturated carbocycles. The predicted octanol–water partition coefficient (Wildman–Crippen LogP) is 2.48. The van der Waals surface area contributed by atoms with E-state index in [1.807, 2.05) is 19.1 Å². The van der Waals surface area contributed by atoms with Crippen molar-refractivity contribution >= 4 is 10.9 Å². The van der Waals surface area contributed by atoms with Gasteiger partial charge in [-0.2, -0.15) is 0 Å². The highest BCUT2D eigenvalue weighted by atomic mass is 16.5. The first-order valence-corrected chi connectivity index (χ1v) is 4.86. The zero-order valence-electron chi connectivity index (χ0n) is 8.08. The summed E-state index contributed by atoms with van der Waals surface area (Å²) in [5.74, 6) is 0.995. The molecule has 1 aliphatic heterocycles. The quantitative estimate of drug-likeness (QED) is 0.629. The fourth-order valence-corrected chi connectivity index (χ4v) is 2.04. The standard InChI is InChI=1S/C12H11NO/c1-8-7-11-12-9(5-6-14-11)3-2-4-10(12)13-8/h2-4,7H,5-6H2,1H3. The van der Waals surface area contributed by atoms with Crippen molar-refractivity contribution in [3.8, 4) is 5.75 Å². The number of nitrogens with zero attached hydrogens (tertiary/aromatic N) is 1. The van der Waals surface area contributed by atoms with Gasteiger partial charge in [-0.1, -0.05) is 12.1 Å². The minimum Gasteiger partial charge on any atom is -0.492 e. The normalized spacial score (nSPS) is 14.1. The summed E-state index contributed by atoms with van der Waals surface area (Å²) < 4.78 is 5.64. The molecule has 0 unspecified atom stereocenters. The van der Waals surface area contributed by atoms with Gasteiger partial charge in [0.25, 0.3) is 0 Å². The number of hydrogen-bond donors (Lipinski definition) is 0. The maximum atomic E-state index is 5.64. The number of benzene rings is 1. The van der Waals surface area contributed by atoms with Crippen LogP contribution in [-0.2, 0) is 6.42 Å². The molecule has 0 atom stereocenters. The SMILES string of the molecule is Cc1cc2c3c(cccc3n1)CCO2. The van der Waals surface area contributed by atoms with Crippen LogP contribution < -0.4 is 4.74 Å². The average Bonchev–Trinajstić information content (AvgIpc) is 2.18.